The van der Waals surface area contributed by atoms with Gasteiger partial charge in [-0.05, 0) is 24.3 Å². The van der Waals surface area contributed by atoms with Gasteiger partial charge in [-0.3, -0.25) is 4.98 Å². The SMILES string of the molecule is CNc1ccc(-c2nc3ccncc3s2)cc1N. The van der Waals surface area contributed by atoms with Crippen molar-refractivity contribution in [3.8, 4) is 10.6 Å². The number of nitrogens with one attached hydrogen (secondary N) is 1. The number of hydrogen-bond acceptors (Lipinski definition) is 5. The second-order valence-corrected chi connectivity index (χ2v) is 4.95. The molecule has 0 saturated heterocycles. The molecule has 2 heterocycles. The first-order chi connectivity index (χ1) is 8.78. The van der Waals surface area contributed by atoms with Gasteiger partial charge in [-0.25, -0.2) is 4.98 Å². The Balaban J connectivity index is 2.11. The fraction of sp³-hybridized carbons (Fsp3) is 0.0769. The van der Waals surface area contributed by atoms with Gasteiger partial charge in [0.15, 0.2) is 0 Å². The Morgan fingerprint density at radius 1 is 1.28 bits per heavy atom. The number of aromatic nitrogens is 2. The van der Waals surface area contributed by atoms with Crippen molar-refractivity contribution in [2.24, 2.45) is 0 Å². The van der Waals surface area contributed by atoms with Gasteiger partial charge in [0.05, 0.1) is 21.6 Å². The Kier molecular flexibility index (Phi) is 2.60. The molecule has 5 heteroatoms. The summed E-state index contributed by atoms with van der Waals surface area (Å²) in [5.74, 6) is 0. The van der Waals surface area contributed by atoms with E-state index in [4.69, 9.17) is 5.73 Å². The molecule has 4 nitrogen and oxygen atoms in total. The molecule has 0 aliphatic carbocycles. The summed E-state index contributed by atoms with van der Waals surface area (Å²) in [6.07, 6.45) is 3.59. The molecule has 90 valence electrons. The Hall–Kier alpha value is -2.14. The molecule has 3 rings (SSSR count). The van der Waals surface area contributed by atoms with Gasteiger partial charge in [-0.2, -0.15) is 0 Å². The van der Waals surface area contributed by atoms with Crippen molar-refractivity contribution in [2.75, 3.05) is 18.1 Å². The Morgan fingerprint density at radius 2 is 2.17 bits per heavy atom. The van der Waals surface area contributed by atoms with E-state index in [0.29, 0.717) is 0 Å². The van der Waals surface area contributed by atoms with Gasteiger partial charge >= 0.3 is 0 Å². The largest absolute Gasteiger partial charge is 0.397 e. The van der Waals surface area contributed by atoms with Gasteiger partial charge < -0.3 is 11.1 Å². The Morgan fingerprint density at radius 3 is 2.89 bits per heavy atom. The summed E-state index contributed by atoms with van der Waals surface area (Å²) in [5.41, 5.74) is 9.63. The first-order valence-electron chi connectivity index (χ1n) is 5.56. The molecule has 3 N–H and O–H groups in total. The quantitative estimate of drug-likeness (QED) is 0.692. The smallest absolute Gasteiger partial charge is 0.124 e. The third-order valence-corrected chi connectivity index (χ3v) is 3.81. The van der Waals surface area contributed by atoms with E-state index in [1.54, 1.807) is 17.5 Å². The fourth-order valence-corrected chi connectivity index (χ4v) is 2.76. The maximum atomic E-state index is 5.97. The first kappa shape index (κ1) is 11.0. The minimum atomic E-state index is 0.729. The van der Waals surface area contributed by atoms with Crippen molar-refractivity contribution >= 4 is 32.9 Å². The van der Waals surface area contributed by atoms with Crippen molar-refractivity contribution in [2.45, 2.75) is 0 Å². The molecular weight excluding hydrogens is 244 g/mol. The Bertz CT molecular complexity index is 672. The summed E-state index contributed by atoms with van der Waals surface area (Å²) in [7, 11) is 1.86. The van der Waals surface area contributed by atoms with Gasteiger partial charge in [0, 0.05) is 25.0 Å². The highest BCUT2D eigenvalue weighted by Gasteiger charge is 2.07. The predicted octanol–water partition coefficient (Wildman–Crippen LogP) is 2.98. The van der Waals surface area contributed by atoms with E-state index >= 15 is 0 Å². The van der Waals surface area contributed by atoms with Crippen LogP contribution in [-0.4, -0.2) is 17.0 Å². The number of anilines is 2. The number of pyridine rings is 1. The van der Waals surface area contributed by atoms with Gasteiger partial charge in [0.2, 0.25) is 0 Å². The van der Waals surface area contributed by atoms with Crippen LogP contribution in [0.1, 0.15) is 0 Å². The second kappa shape index (κ2) is 4.27. The Labute approximate surface area is 109 Å². The molecule has 0 atom stereocenters. The van der Waals surface area contributed by atoms with E-state index in [2.05, 4.69) is 15.3 Å². The zero-order valence-electron chi connectivity index (χ0n) is 9.84. The van der Waals surface area contributed by atoms with Gasteiger partial charge in [0.25, 0.3) is 0 Å². The topological polar surface area (TPSA) is 63.8 Å². The third-order valence-electron chi connectivity index (χ3n) is 2.76. The van der Waals surface area contributed by atoms with Crippen LogP contribution in [0.4, 0.5) is 11.4 Å². The van der Waals surface area contributed by atoms with Crippen LogP contribution in [-0.2, 0) is 0 Å². The molecule has 0 radical (unpaired) electrons. The maximum Gasteiger partial charge on any atom is 0.124 e. The van der Waals surface area contributed by atoms with Crippen LogP contribution in [0.15, 0.2) is 36.7 Å². The van der Waals surface area contributed by atoms with Crippen molar-refractivity contribution < 1.29 is 0 Å². The van der Waals surface area contributed by atoms with E-state index in [1.807, 2.05) is 37.5 Å². The van der Waals surface area contributed by atoms with Gasteiger partial charge in [-0.1, -0.05) is 0 Å². The van der Waals surface area contributed by atoms with Crippen LogP contribution in [0.3, 0.4) is 0 Å². The van der Waals surface area contributed by atoms with Gasteiger partial charge in [-0.15, -0.1) is 11.3 Å². The minimum absolute atomic E-state index is 0.729. The lowest BCUT2D eigenvalue weighted by Gasteiger charge is -2.05. The second-order valence-electron chi connectivity index (χ2n) is 3.91. The number of benzene rings is 1. The number of nitrogen functional groups attached to an aromatic ring is 1. The zero-order chi connectivity index (χ0) is 12.5. The molecule has 18 heavy (non-hydrogen) atoms. The van der Waals surface area contributed by atoms with Crippen LogP contribution in [0, 0.1) is 0 Å². The average Bonchev–Trinajstić information content (AvgIpc) is 2.82. The minimum Gasteiger partial charge on any atom is -0.397 e. The highest BCUT2D eigenvalue weighted by Crippen LogP contribution is 2.32. The van der Waals surface area contributed by atoms with Crippen LogP contribution < -0.4 is 11.1 Å². The lowest BCUT2D eigenvalue weighted by atomic mass is 10.2. The van der Waals surface area contributed by atoms with Crippen molar-refractivity contribution in [1.82, 2.24) is 9.97 Å². The standard InChI is InChI=1S/C13H12N4S/c1-15-10-3-2-8(6-9(10)14)13-17-11-4-5-16-7-12(11)18-13/h2-7,15H,14H2,1H3. The summed E-state index contributed by atoms with van der Waals surface area (Å²) in [6, 6.07) is 7.85. The van der Waals surface area contributed by atoms with Crippen LogP contribution in [0.5, 0.6) is 0 Å². The first-order valence-corrected chi connectivity index (χ1v) is 6.38. The van der Waals surface area contributed by atoms with E-state index in [0.717, 1.165) is 32.2 Å². The number of rotatable bonds is 2. The normalized spacial score (nSPS) is 10.7. The number of fused-ring (bicyclic) bond motifs is 1. The molecule has 3 aromatic rings. The molecule has 0 aliphatic heterocycles. The summed E-state index contributed by atoms with van der Waals surface area (Å²) < 4.78 is 1.09. The number of thiazole rings is 1. The van der Waals surface area contributed by atoms with Crippen LogP contribution in [0.25, 0.3) is 20.8 Å². The highest BCUT2D eigenvalue weighted by molar-refractivity contribution is 7.21. The summed E-state index contributed by atoms with van der Waals surface area (Å²) >= 11 is 1.62. The molecule has 0 aliphatic rings. The van der Waals surface area contributed by atoms with Crippen molar-refractivity contribution in [1.29, 1.82) is 0 Å². The lowest BCUT2D eigenvalue weighted by molar-refractivity contribution is 1.36. The predicted molar refractivity (Wildman–Crippen MR) is 76.8 cm³/mol. The van der Waals surface area contributed by atoms with Crippen LogP contribution in [0.2, 0.25) is 0 Å². The van der Waals surface area contributed by atoms with E-state index < -0.39 is 0 Å². The van der Waals surface area contributed by atoms with Gasteiger partial charge in [0.1, 0.15) is 5.01 Å². The fourth-order valence-electron chi connectivity index (χ4n) is 1.83. The van der Waals surface area contributed by atoms with E-state index in [-0.39, 0.29) is 0 Å². The average molecular weight is 256 g/mol. The molecule has 0 spiro atoms. The summed E-state index contributed by atoms with van der Waals surface area (Å²) in [5, 5.41) is 4.01. The number of nitrogens with two attached hydrogens (primary N) is 1. The maximum absolute atomic E-state index is 5.97. The number of nitrogens with zero attached hydrogens (tertiary/aromatic N) is 2. The zero-order valence-corrected chi connectivity index (χ0v) is 10.7. The molecule has 0 saturated carbocycles. The molecule has 1 aromatic carbocycles. The van der Waals surface area contributed by atoms with Crippen molar-refractivity contribution in [3.05, 3.63) is 36.7 Å². The molecule has 0 fully saturated rings. The third kappa shape index (κ3) is 1.78. The van der Waals surface area contributed by atoms with E-state index in [9.17, 15) is 0 Å². The molecule has 2 aromatic heterocycles. The molecule has 0 amide bonds. The number of hydrogen-bond donors (Lipinski definition) is 2. The summed E-state index contributed by atoms with van der Waals surface area (Å²) in [6.45, 7) is 0. The monoisotopic (exact) mass is 256 g/mol. The molecular formula is C13H12N4S. The highest BCUT2D eigenvalue weighted by atomic mass is 32.1. The summed E-state index contributed by atoms with van der Waals surface area (Å²) in [4.78, 5) is 8.68. The molecule has 0 bridgehead atoms. The van der Waals surface area contributed by atoms with E-state index in [1.165, 1.54) is 0 Å². The van der Waals surface area contributed by atoms with Crippen LogP contribution >= 0.6 is 11.3 Å². The lowest BCUT2D eigenvalue weighted by Crippen LogP contribution is -1.95. The molecule has 0 unspecified atom stereocenters. The van der Waals surface area contributed by atoms with Crippen molar-refractivity contribution in [3.63, 3.8) is 0 Å².